The lowest BCUT2D eigenvalue weighted by Crippen LogP contribution is -2.21. The highest BCUT2D eigenvalue weighted by Crippen LogP contribution is 2.32. The summed E-state index contributed by atoms with van der Waals surface area (Å²) in [7, 11) is -3.83. The van der Waals surface area contributed by atoms with Crippen LogP contribution in [0, 0.1) is 11.3 Å². The summed E-state index contributed by atoms with van der Waals surface area (Å²) in [4.78, 5) is 25.9. The maximum atomic E-state index is 12.6. The summed E-state index contributed by atoms with van der Waals surface area (Å²) < 4.78 is 27.7. The molecule has 3 rings (SSSR count). The zero-order valence-electron chi connectivity index (χ0n) is 16.5. The monoisotopic (exact) mass is 467 g/mol. The van der Waals surface area contributed by atoms with E-state index in [2.05, 4.69) is 11.4 Å². The predicted molar refractivity (Wildman–Crippen MR) is 118 cm³/mol. The fraction of sp³-hybridized carbons (Fsp3) is 0.0455. The zero-order chi connectivity index (χ0) is 23.1. The topological polar surface area (TPSA) is 139 Å². The van der Waals surface area contributed by atoms with Crippen molar-refractivity contribution in [1.82, 2.24) is 0 Å². The summed E-state index contributed by atoms with van der Waals surface area (Å²) in [6.07, 6.45) is 0. The van der Waals surface area contributed by atoms with Crippen molar-refractivity contribution < 1.29 is 22.7 Å². The molecule has 3 aromatic carbocycles. The number of primary sulfonamides is 1. The van der Waals surface area contributed by atoms with Gasteiger partial charge in [0.15, 0.2) is 6.61 Å². The minimum absolute atomic E-state index is 0.0889. The van der Waals surface area contributed by atoms with E-state index in [1.807, 2.05) is 0 Å². The largest absolute Gasteiger partial charge is 0.452 e. The van der Waals surface area contributed by atoms with Crippen molar-refractivity contribution in [2.45, 2.75) is 14.7 Å². The summed E-state index contributed by atoms with van der Waals surface area (Å²) >= 11 is 1.25. The van der Waals surface area contributed by atoms with Gasteiger partial charge >= 0.3 is 5.97 Å². The molecule has 0 saturated carbocycles. The number of hydrogen-bond acceptors (Lipinski definition) is 7. The standard InChI is InChI=1S/C22H17N3O5S2/c23-13-15-5-1-3-7-19(15)31-20-8-4-2-6-18(20)22(27)30-14-21(26)25-16-9-11-17(12-10-16)32(24,28)29/h1-12H,14H2,(H,25,26)(H2,24,28,29). The van der Waals surface area contributed by atoms with E-state index in [4.69, 9.17) is 9.88 Å². The number of hydrogen-bond donors (Lipinski definition) is 2. The van der Waals surface area contributed by atoms with Crippen molar-refractivity contribution in [3.8, 4) is 6.07 Å². The van der Waals surface area contributed by atoms with Gasteiger partial charge in [0.1, 0.15) is 6.07 Å². The third-order valence-electron chi connectivity index (χ3n) is 4.14. The lowest BCUT2D eigenvalue weighted by atomic mass is 10.2. The van der Waals surface area contributed by atoms with Gasteiger partial charge in [-0.25, -0.2) is 18.4 Å². The number of amides is 1. The quantitative estimate of drug-likeness (QED) is 0.509. The van der Waals surface area contributed by atoms with Crippen molar-refractivity contribution in [3.05, 3.63) is 83.9 Å². The van der Waals surface area contributed by atoms with Gasteiger partial charge in [-0.15, -0.1) is 0 Å². The Balaban J connectivity index is 1.64. The second-order valence-electron chi connectivity index (χ2n) is 6.40. The van der Waals surface area contributed by atoms with Crippen LogP contribution in [0.4, 0.5) is 5.69 Å². The smallest absolute Gasteiger partial charge is 0.339 e. The molecule has 0 bridgehead atoms. The third-order valence-corrected chi connectivity index (χ3v) is 6.22. The van der Waals surface area contributed by atoms with E-state index in [1.165, 1.54) is 36.0 Å². The minimum Gasteiger partial charge on any atom is -0.452 e. The number of ether oxygens (including phenoxy) is 1. The highest BCUT2D eigenvalue weighted by Gasteiger charge is 2.16. The van der Waals surface area contributed by atoms with Gasteiger partial charge in [-0.3, -0.25) is 4.79 Å². The number of rotatable bonds is 7. The lowest BCUT2D eigenvalue weighted by molar-refractivity contribution is -0.119. The molecule has 0 atom stereocenters. The summed E-state index contributed by atoms with van der Waals surface area (Å²) in [5.74, 6) is -1.29. The number of nitrogens with zero attached hydrogens (tertiary/aromatic N) is 1. The van der Waals surface area contributed by atoms with E-state index in [0.717, 1.165) is 0 Å². The Labute approximate surface area is 189 Å². The molecular weight excluding hydrogens is 450 g/mol. The fourth-order valence-corrected chi connectivity index (χ4v) is 4.16. The van der Waals surface area contributed by atoms with Crippen LogP contribution in [0.2, 0.25) is 0 Å². The van der Waals surface area contributed by atoms with Gasteiger partial charge in [-0.1, -0.05) is 36.0 Å². The number of sulfonamides is 1. The molecule has 10 heteroatoms. The molecule has 0 radical (unpaired) electrons. The molecule has 162 valence electrons. The Bertz CT molecular complexity index is 1300. The van der Waals surface area contributed by atoms with Gasteiger partial charge in [-0.05, 0) is 48.5 Å². The maximum Gasteiger partial charge on any atom is 0.339 e. The first kappa shape index (κ1) is 23.0. The number of nitrogens with two attached hydrogens (primary N) is 1. The minimum atomic E-state index is -3.83. The molecule has 0 spiro atoms. The molecule has 0 aliphatic carbocycles. The van der Waals surface area contributed by atoms with Crippen LogP contribution in [-0.2, 0) is 19.6 Å². The fourth-order valence-electron chi connectivity index (χ4n) is 2.62. The van der Waals surface area contributed by atoms with Crippen LogP contribution in [0.3, 0.4) is 0 Å². The Kier molecular flexibility index (Phi) is 7.27. The molecule has 0 aliphatic heterocycles. The average Bonchev–Trinajstić information content (AvgIpc) is 2.78. The molecule has 3 aromatic rings. The van der Waals surface area contributed by atoms with Crippen molar-refractivity contribution in [1.29, 1.82) is 5.26 Å². The van der Waals surface area contributed by atoms with Gasteiger partial charge in [0.2, 0.25) is 10.0 Å². The van der Waals surface area contributed by atoms with Gasteiger partial charge in [0.25, 0.3) is 5.91 Å². The molecule has 3 N–H and O–H groups in total. The van der Waals surface area contributed by atoms with E-state index in [9.17, 15) is 23.3 Å². The summed E-state index contributed by atoms with van der Waals surface area (Å²) in [5.41, 5.74) is 1.06. The Morgan fingerprint density at radius 1 is 0.969 bits per heavy atom. The van der Waals surface area contributed by atoms with Crippen molar-refractivity contribution in [2.75, 3.05) is 11.9 Å². The molecule has 32 heavy (non-hydrogen) atoms. The highest BCUT2D eigenvalue weighted by atomic mass is 32.2. The van der Waals surface area contributed by atoms with Crippen LogP contribution < -0.4 is 10.5 Å². The summed E-state index contributed by atoms with van der Waals surface area (Å²) in [5, 5.41) is 16.8. The normalized spacial score (nSPS) is 10.8. The van der Waals surface area contributed by atoms with Crippen LogP contribution in [0.15, 0.2) is 87.5 Å². The Morgan fingerprint density at radius 2 is 1.59 bits per heavy atom. The Hall–Kier alpha value is -3.65. The number of nitrogens with one attached hydrogen (secondary N) is 1. The number of anilines is 1. The van der Waals surface area contributed by atoms with E-state index in [-0.39, 0.29) is 10.5 Å². The van der Waals surface area contributed by atoms with Crippen molar-refractivity contribution in [3.63, 3.8) is 0 Å². The summed E-state index contributed by atoms with van der Waals surface area (Å²) in [6, 6.07) is 21.1. The molecule has 0 unspecified atom stereocenters. The Morgan fingerprint density at radius 3 is 2.25 bits per heavy atom. The van der Waals surface area contributed by atoms with Gasteiger partial charge < -0.3 is 10.1 Å². The molecule has 8 nitrogen and oxygen atoms in total. The van der Waals surface area contributed by atoms with E-state index >= 15 is 0 Å². The van der Waals surface area contributed by atoms with E-state index in [0.29, 0.717) is 21.0 Å². The van der Waals surface area contributed by atoms with Gasteiger partial charge in [0.05, 0.1) is 16.0 Å². The SMILES string of the molecule is N#Cc1ccccc1Sc1ccccc1C(=O)OCC(=O)Nc1ccc(S(N)(=O)=O)cc1. The number of esters is 1. The average molecular weight is 468 g/mol. The number of benzene rings is 3. The number of carbonyl (C=O) groups excluding carboxylic acids is 2. The molecule has 0 saturated heterocycles. The summed E-state index contributed by atoms with van der Waals surface area (Å²) in [6.45, 7) is -0.538. The molecule has 0 fully saturated rings. The zero-order valence-corrected chi connectivity index (χ0v) is 18.2. The lowest BCUT2D eigenvalue weighted by Gasteiger charge is -2.10. The second-order valence-corrected chi connectivity index (χ2v) is 9.05. The van der Waals surface area contributed by atoms with Gasteiger partial charge in [-0.2, -0.15) is 5.26 Å². The molecule has 0 aliphatic rings. The third kappa shape index (κ3) is 5.95. The van der Waals surface area contributed by atoms with Crippen LogP contribution in [0.1, 0.15) is 15.9 Å². The molecule has 0 aromatic heterocycles. The van der Waals surface area contributed by atoms with Crippen molar-refractivity contribution >= 4 is 39.3 Å². The first-order valence-corrected chi connectivity index (χ1v) is 11.5. The molecule has 0 heterocycles. The van der Waals surface area contributed by atoms with E-state index in [1.54, 1.807) is 48.5 Å². The molecule has 1 amide bonds. The first-order valence-electron chi connectivity index (χ1n) is 9.14. The highest BCUT2D eigenvalue weighted by molar-refractivity contribution is 7.99. The predicted octanol–water partition coefficient (Wildman–Crippen LogP) is 3.15. The van der Waals surface area contributed by atoms with Crippen LogP contribution in [-0.4, -0.2) is 26.9 Å². The van der Waals surface area contributed by atoms with Crippen LogP contribution >= 0.6 is 11.8 Å². The maximum absolute atomic E-state index is 12.6. The van der Waals surface area contributed by atoms with Crippen LogP contribution in [0.5, 0.6) is 0 Å². The number of carbonyl (C=O) groups is 2. The van der Waals surface area contributed by atoms with Crippen LogP contribution in [0.25, 0.3) is 0 Å². The number of nitriles is 1. The first-order chi connectivity index (χ1) is 15.3. The molecular formula is C22H17N3O5S2. The van der Waals surface area contributed by atoms with E-state index < -0.39 is 28.5 Å². The van der Waals surface area contributed by atoms with Crippen molar-refractivity contribution in [2.24, 2.45) is 5.14 Å². The second kappa shape index (κ2) is 10.1. The van der Waals surface area contributed by atoms with Gasteiger partial charge in [0, 0.05) is 15.5 Å².